The highest BCUT2D eigenvalue weighted by atomic mass is 32.2. The zero-order chi connectivity index (χ0) is 16.3. The quantitative estimate of drug-likeness (QED) is 0.538. The van der Waals surface area contributed by atoms with Crippen molar-refractivity contribution in [2.24, 2.45) is 5.14 Å². The third-order valence-electron chi connectivity index (χ3n) is 3.04. The number of rotatable bonds is 8. The number of sulfonamides is 1. The molecule has 1 saturated carbocycles. The van der Waals surface area contributed by atoms with Crippen LogP contribution in [-0.2, 0) is 10.0 Å². The van der Waals surface area contributed by atoms with E-state index in [-0.39, 0.29) is 4.90 Å². The van der Waals surface area contributed by atoms with Crippen LogP contribution in [0.1, 0.15) is 12.8 Å². The summed E-state index contributed by atoms with van der Waals surface area (Å²) in [4.78, 5) is 0.0729. The van der Waals surface area contributed by atoms with E-state index in [1.165, 1.54) is 25.0 Å². The Morgan fingerprint density at radius 3 is 2.70 bits per heavy atom. The second-order valence-corrected chi connectivity index (χ2v) is 8.89. The number of hydrogen-bond donors (Lipinski definition) is 2. The van der Waals surface area contributed by atoms with Crippen molar-refractivity contribution in [1.29, 1.82) is 0 Å². The summed E-state index contributed by atoms with van der Waals surface area (Å²) in [7, 11) is -3.66. The Bertz CT molecular complexity index is 757. The summed E-state index contributed by atoms with van der Waals surface area (Å²) in [6.07, 6.45) is 2.42. The first-order chi connectivity index (χ1) is 11.0. The molecule has 1 aliphatic carbocycles. The number of benzene rings is 1. The molecule has 0 bridgehead atoms. The molecule has 10 heteroatoms. The van der Waals surface area contributed by atoms with Crippen LogP contribution < -0.4 is 15.2 Å². The van der Waals surface area contributed by atoms with Gasteiger partial charge in [-0.1, -0.05) is 23.1 Å². The van der Waals surface area contributed by atoms with Gasteiger partial charge in [-0.15, -0.1) is 10.2 Å². The SMILES string of the molecule is NS(=O)(=O)c1ccc(OCCSc2nnc(NC3CC3)s2)cc1. The molecule has 0 spiro atoms. The fourth-order valence-electron chi connectivity index (χ4n) is 1.74. The lowest BCUT2D eigenvalue weighted by atomic mass is 10.3. The molecular weight excluding hydrogens is 356 g/mol. The minimum absolute atomic E-state index is 0.0729. The Morgan fingerprint density at radius 1 is 1.30 bits per heavy atom. The molecule has 0 amide bonds. The van der Waals surface area contributed by atoms with Gasteiger partial charge in [-0.2, -0.15) is 0 Å². The summed E-state index contributed by atoms with van der Waals surface area (Å²) in [5, 5.41) is 17.4. The Hall–Kier alpha value is -1.36. The van der Waals surface area contributed by atoms with Crippen LogP contribution in [0.15, 0.2) is 33.5 Å². The van der Waals surface area contributed by atoms with Crippen LogP contribution in [0.3, 0.4) is 0 Å². The van der Waals surface area contributed by atoms with Crippen molar-refractivity contribution in [2.75, 3.05) is 17.7 Å². The number of hydrogen-bond acceptors (Lipinski definition) is 8. The highest BCUT2D eigenvalue weighted by Crippen LogP contribution is 2.30. The van der Waals surface area contributed by atoms with Crippen molar-refractivity contribution in [3.8, 4) is 5.75 Å². The van der Waals surface area contributed by atoms with Gasteiger partial charge in [0.2, 0.25) is 15.2 Å². The molecule has 1 aromatic carbocycles. The van der Waals surface area contributed by atoms with Gasteiger partial charge in [0.25, 0.3) is 0 Å². The van der Waals surface area contributed by atoms with Crippen LogP contribution in [0.25, 0.3) is 0 Å². The van der Waals surface area contributed by atoms with Crippen molar-refractivity contribution >= 4 is 38.3 Å². The lowest BCUT2D eigenvalue weighted by Crippen LogP contribution is -2.11. The first kappa shape index (κ1) is 16.5. The normalized spacial score (nSPS) is 14.7. The number of nitrogens with two attached hydrogens (primary N) is 1. The average molecular weight is 372 g/mol. The van der Waals surface area contributed by atoms with Crippen molar-refractivity contribution in [3.63, 3.8) is 0 Å². The van der Waals surface area contributed by atoms with E-state index in [9.17, 15) is 8.42 Å². The molecular formula is C13H16N4O3S3. The molecule has 2 aromatic rings. The van der Waals surface area contributed by atoms with Crippen LogP contribution in [0.2, 0.25) is 0 Å². The van der Waals surface area contributed by atoms with E-state index in [1.807, 2.05) is 0 Å². The molecule has 7 nitrogen and oxygen atoms in total. The van der Waals surface area contributed by atoms with Gasteiger partial charge < -0.3 is 10.1 Å². The Labute approximate surface area is 142 Å². The third-order valence-corrected chi connectivity index (χ3v) is 5.92. The zero-order valence-electron chi connectivity index (χ0n) is 12.1. The molecule has 0 aliphatic heterocycles. The van der Waals surface area contributed by atoms with E-state index in [0.29, 0.717) is 18.4 Å². The van der Waals surface area contributed by atoms with Gasteiger partial charge >= 0.3 is 0 Å². The topological polar surface area (TPSA) is 107 Å². The van der Waals surface area contributed by atoms with Gasteiger partial charge in [-0.3, -0.25) is 0 Å². The molecule has 0 radical (unpaired) electrons. The van der Waals surface area contributed by atoms with E-state index in [2.05, 4.69) is 15.5 Å². The number of nitrogens with zero attached hydrogens (tertiary/aromatic N) is 2. The minimum Gasteiger partial charge on any atom is -0.493 e. The number of thioether (sulfide) groups is 1. The van der Waals surface area contributed by atoms with Gasteiger partial charge in [0, 0.05) is 11.8 Å². The molecule has 23 heavy (non-hydrogen) atoms. The highest BCUT2D eigenvalue weighted by molar-refractivity contribution is 8.01. The summed E-state index contributed by atoms with van der Waals surface area (Å²) in [6.45, 7) is 0.490. The molecule has 0 atom stereocenters. The van der Waals surface area contributed by atoms with Crippen LogP contribution in [0.4, 0.5) is 5.13 Å². The molecule has 0 unspecified atom stereocenters. The van der Waals surface area contributed by atoms with Gasteiger partial charge in [-0.25, -0.2) is 13.6 Å². The summed E-state index contributed by atoms with van der Waals surface area (Å²) in [5.74, 6) is 1.33. The fourth-order valence-corrected chi connectivity index (χ4v) is 3.97. The number of anilines is 1. The molecule has 124 valence electrons. The largest absolute Gasteiger partial charge is 0.493 e. The molecule has 1 fully saturated rings. The first-order valence-electron chi connectivity index (χ1n) is 6.99. The lowest BCUT2D eigenvalue weighted by molar-refractivity contribution is 0.343. The monoisotopic (exact) mass is 372 g/mol. The molecule has 3 rings (SSSR count). The Balaban J connectivity index is 1.41. The maximum atomic E-state index is 11.2. The van der Waals surface area contributed by atoms with Crippen molar-refractivity contribution in [3.05, 3.63) is 24.3 Å². The van der Waals surface area contributed by atoms with Crippen LogP contribution in [0.5, 0.6) is 5.75 Å². The first-order valence-corrected chi connectivity index (χ1v) is 10.3. The number of nitrogens with one attached hydrogen (secondary N) is 1. The van der Waals surface area contributed by atoms with E-state index >= 15 is 0 Å². The Kier molecular flexibility index (Phi) is 5.05. The number of primary sulfonamides is 1. The van der Waals surface area contributed by atoms with Crippen molar-refractivity contribution in [2.45, 2.75) is 28.1 Å². The maximum Gasteiger partial charge on any atom is 0.238 e. The van der Waals surface area contributed by atoms with Gasteiger partial charge in [0.1, 0.15) is 5.75 Å². The number of ether oxygens (including phenoxy) is 1. The van der Waals surface area contributed by atoms with E-state index in [1.54, 1.807) is 35.2 Å². The predicted octanol–water partition coefficient (Wildman–Crippen LogP) is 1.93. The van der Waals surface area contributed by atoms with Crippen LogP contribution >= 0.6 is 23.1 Å². The third kappa shape index (κ3) is 5.06. The summed E-state index contributed by atoms with van der Waals surface area (Å²) in [5.41, 5.74) is 0. The van der Waals surface area contributed by atoms with Crippen molar-refractivity contribution in [1.82, 2.24) is 10.2 Å². The molecule has 1 heterocycles. The van der Waals surface area contributed by atoms with Gasteiger partial charge in [-0.05, 0) is 37.1 Å². The minimum atomic E-state index is -3.66. The fraction of sp³-hybridized carbons (Fsp3) is 0.385. The summed E-state index contributed by atoms with van der Waals surface area (Å²) >= 11 is 3.13. The van der Waals surface area contributed by atoms with E-state index < -0.39 is 10.0 Å². The van der Waals surface area contributed by atoms with Gasteiger partial charge in [0.05, 0.1) is 11.5 Å². The summed E-state index contributed by atoms with van der Waals surface area (Å²) in [6, 6.07) is 6.61. The maximum absolute atomic E-state index is 11.2. The molecule has 3 N–H and O–H groups in total. The second-order valence-electron chi connectivity index (χ2n) is 5.01. The zero-order valence-corrected chi connectivity index (χ0v) is 14.6. The smallest absolute Gasteiger partial charge is 0.238 e. The molecule has 1 aliphatic rings. The van der Waals surface area contributed by atoms with E-state index in [0.717, 1.165) is 15.2 Å². The number of aromatic nitrogens is 2. The van der Waals surface area contributed by atoms with Crippen molar-refractivity contribution < 1.29 is 13.2 Å². The highest BCUT2D eigenvalue weighted by Gasteiger charge is 2.22. The van der Waals surface area contributed by atoms with E-state index in [4.69, 9.17) is 9.88 Å². The molecule has 0 saturated heterocycles. The predicted molar refractivity (Wildman–Crippen MR) is 90.6 cm³/mol. The van der Waals surface area contributed by atoms with Crippen LogP contribution in [0, 0.1) is 0 Å². The second kappa shape index (κ2) is 7.04. The van der Waals surface area contributed by atoms with Gasteiger partial charge in [0.15, 0.2) is 4.34 Å². The Morgan fingerprint density at radius 2 is 2.04 bits per heavy atom. The van der Waals surface area contributed by atoms with Crippen LogP contribution in [-0.4, -0.2) is 37.0 Å². The lowest BCUT2D eigenvalue weighted by Gasteiger charge is -2.05. The standard InChI is InChI=1S/C13H16N4O3S3/c14-23(18,19)11-5-3-10(4-6-11)20-7-8-21-13-17-16-12(22-13)15-9-1-2-9/h3-6,9H,1-2,7-8H2,(H,15,16)(H2,14,18,19). The molecule has 1 aromatic heterocycles. The summed E-state index contributed by atoms with van der Waals surface area (Å²) < 4.78 is 28.8. The average Bonchev–Trinajstić information content (AvgIpc) is 3.21.